The van der Waals surface area contributed by atoms with E-state index in [1.165, 1.54) is 25.0 Å². The molecule has 2 bridgehead atoms. The Morgan fingerprint density at radius 3 is 2.78 bits per heavy atom. The molecule has 0 aromatic rings. The van der Waals surface area contributed by atoms with Crippen molar-refractivity contribution in [3.63, 3.8) is 0 Å². The van der Waals surface area contributed by atoms with E-state index in [0.717, 1.165) is 11.8 Å². The summed E-state index contributed by atoms with van der Waals surface area (Å²) in [7, 11) is 1.78. The molecule has 0 amide bonds. The van der Waals surface area contributed by atoms with E-state index in [0.29, 0.717) is 0 Å². The van der Waals surface area contributed by atoms with Crippen molar-refractivity contribution in [2.45, 2.75) is 19.3 Å². The summed E-state index contributed by atoms with van der Waals surface area (Å²) in [6.07, 6.45) is 6.43. The van der Waals surface area contributed by atoms with Crippen molar-refractivity contribution in [3.8, 4) is 0 Å². The van der Waals surface area contributed by atoms with Gasteiger partial charge in [-0.1, -0.05) is 0 Å². The second-order valence-electron chi connectivity index (χ2n) is 3.04. The van der Waals surface area contributed by atoms with Crippen LogP contribution in [0.15, 0.2) is 11.8 Å². The predicted octanol–water partition coefficient (Wildman–Crippen LogP) is 1.95. The minimum Gasteiger partial charge on any atom is -0.501 e. The molecule has 0 N–H and O–H groups in total. The zero-order valence-corrected chi connectivity index (χ0v) is 5.76. The molecule has 0 aliphatic heterocycles. The summed E-state index contributed by atoms with van der Waals surface area (Å²) in [4.78, 5) is 0. The second-order valence-corrected chi connectivity index (χ2v) is 3.04. The Bertz CT molecular complexity index is 149. The van der Waals surface area contributed by atoms with Crippen molar-refractivity contribution < 1.29 is 4.74 Å². The lowest BCUT2D eigenvalue weighted by molar-refractivity contribution is 0.247. The van der Waals surface area contributed by atoms with E-state index < -0.39 is 0 Å². The van der Waals surface area contributed by atoms with Crippen molar-refractivity contribution in [2.75, 3.05) is 7.11 Å². The van der Waals surface area contributed by atoms with Gasteiger partial charge >= 0.3 is 0 Å². The number of methoxy groups -OCH3 is 1. The van der Waals surface area contributed by atoms with E-state index in [1.54, 1.807) is 7.11 Å². The Kier molecular flexibility index (Phi) is 1.04. The lowest BCUT2D eigenvalue weighted by Gasteiger charge is -2.10. The Morgan fingerprint density at radius 2 is 2.44 bits per heavy atom. The standard InChI is InChI=1S/C8H12O/c1-9-8-5-6-2-3-7(8)4-6/h5-7H,2-4H2,1H3/t6-,7-/m0/s1. The first-order valence-corrected chi connectivity index (χ1v) is 3.66. The number of ether oxygens (including phenoxy) is 1. The molecule has 2 aliphatic carbocycles. The van der Waals surface area contributed by atoms with Crippen molar-refractivity contribution in [2.24, 2.45) is 11.8 Å². The van der Waals surface area contributed by atoms with Crippen LogP contribution in [0.2, 0.25) is 0 Å². The summed E-state index contributed by atoms with van der Waals surface area (Å²) in [6, 6.07) is 0. The molecule has 1 fully saturated rings. The molecule has 0 aromatic carbocycles. The highest BCUT2D eigenvalue weighted by Crippen LogP contribution is 2.43. The van der Waals surface area contributed by atoms with Crippen molar-refractivity contribution >= 4 is 0 Å². The molecule has 0 saturated heterocycles. The molecule has 1 heteroatoms. The highest BCUT2D eigenvalue weighted by atomic mass is 16.5. The number of hydrogen-bond donors (Lipinski definition) is 0. The predicted molar refractivity (Wildman–Crippen MR) is 35.9 cm³/mol. The maximum Gasteiger partial charge on any atom is 0.0949 e. The molecule has 0 spiro atoms. The first kappa shape index (κ1) is 5.33. The molecule has 0 unspecified atom stereocenters. The molecule has 50 valence electrons. The van der Waals surface area contributed by atoms with Crippen molar-refractivity contribution in [3.05, 3.63) is 11.8 Å². The van der Waals surface area contributed by atoms with Gasteiger partial charge in [-0.25, -0.2) is 0 Å². The van der Waals surface area contributed by atoms with Crippen LogP contribution in [0.5, 0.6) is 0 Å². The zero-order chi connectivity index (χ0) is 6.27. The largest absolute Gasteiger partial charge is 0.501 e. The molecule has 2 aliphatic rings. The quantitative estimate of drug-likeness (QED) is 0.519. The topological polar surface area (TPSA) is 9.23 Å². The second kappa shape index (κ2) is 1.76. The average molecular weight is 124 g/mol. The van der Waals surface area contributed by atoms with Crippen LogP contribution in [0.4, 0.5) is 0 Å². The normalized spacial score (nSPS) is 39.0. The van der Waals surface area contributed by atoms with Gasteiger partial charge < -0.3 is 4.74 Å². The zero-order valence-electron chi connectivity index (χ0n) is 5.76. The molecule has 0 radical (unpaired) electrons. The minimum absolute atomic E-state index is 0.792. The summed E-state index contributed by atoms with van der Waals surface area (Å²) in [5.41, 5.74) is 0. The molecule has 1 saturated carbocycles. The third kappa shape index (κ3) is 0.673. The van der Waals surface area contributed by atoms with Crippen LogP contribution in [0.3, 0.4) is 0 Å². The molecular formula is C8H12O. The fraction of sp³-hybridized carbons (Fsp3) is 0.750. The lowest BCUT2D eigenvalue weighted by Crippen LogP contribution is -1.98. The third-order valence-electron chi connectivity index (χ3n) is 2.51. The molecule has 0 heterocycles. The number of rotatable bonds is 1. The number of hydrogen-bond acceptors (Lipinski definition) is 1. The summed E-state index contributed by atoms with van der Waals surface area (Å²) >= 11 is 0. The van der Waals surface area contributed by atoms with Crippen LogP contribution in [0.1, 0.15) is 19.3 Å². The molecule has 2 rings (SSSR count). The van der Waals surface area contributed by atoms with Crippen LogP contribution in [0, 0.1) is 11.8 Å². The van der Waals surface area contributed by atoms with Crippen LogP contribution in [0.25, 0.3) is 0 Å². The maximum absolute atomic E-state index is 5.21. The Morgan fingerprint density at radius 1 is 1.56 bits per heavy atom. The monoisotopic (exact) mass is 124 g/mol. The van der Waals surface area contributed by atoms with Gasteiger partial charge in [-0.05, 0) is 31.3 Å². The Hall–Kier alpha value is -0.460. The van der Waals surface area contributed by atoms with Gasteiger partial charge in [-0.3, -0.25) is 0 Å². The van der Waals surface area contributed by atoms with E-state index in [-0.39, 0.29) is 0 Å². The maximum atomic E-state index is 5.21. The summed E-state index contributed by atoms with van der Waals surface area (Å²) in [5, 5.41) is 0. The summed E-state index contributed by atoms with van der Waals surface area (Å²) in [6.45, 7) is 0. The summed E-state index contributed by atoms with van der Waals surface area (Å²) in [5.74, 6) is 2.91. The first-order valence-electron chi connectivity index (χ1n) is 3.66. The Labute approximate surface area is 55.7 Å². The van der Waals surface area contributed by atoms with E-state index in [1.807, 2.05) is 0 Å². The molecular weight excluding hydrogens is 112 g/mol. The lowest BCUT2D eigenvalue weighted by atomic mass is 10.1. The van der Waals surface area contributed by atoms with Gasteiger partial charge in [0.1, 0.15) is 0 Å². The van der Waals surface area contributed by atoms with Crippen molar-refractivity contribution in [1.82, 2.24) is 0 Å². The minimum atomic E-state index is 0.792. The molecule has 0 aromatic heterocycles. The van der Waals surface area contributed by atoms with E-state index in [9.17, 15) is 0 Å². The number of fused-ring (bicyclic) bond motifs is 2. The van der Waals surface area contributed by atoms with E-state index in [4.69, 9.17) is 4.74 Å². The third-order valence-corrected chi connectivity index (χ3v) is 2.51. The van der Waals surface area contributed by atoms with Gasteiger partial charge in [0, 0.05) is 5.92 Å². The average Bonchev–Trinajstić information content (AvgIpc) is 2.45. The molecule has 2 atom stereocenters. The SMILES string of the molecule is COC1=C[C@H]2CC[C@H]1C2. The Balaban J connectivity index is 2.18. The van der Waals surface area contributed by atoms with Gasteiger partial charge in [0.05, 0.1) is 12.9 Å². The van der Waals surface area contributed by atoms with E-state index >= 15 is 0 Å². The molecule has 9 heavy (non-hydrogen) atoms. The smallest absolute Gasteiger partial charge is 0.0949 e. The van der Waals surface area contributed by atoms with Gasteiger partial charge in [0.15, 0.2) is 0 Å². The van der Waals surface area contributed by atoms with E-state index in [2.05, 4.69) is 6.08 Å². The van der Waals surface area contributed by atoms with Crippen LogP contribution >= 0.6 is 0 Å². The first-order chi connectivity index (χ1) is 4.40. The fourth-order valence-electron chi connectivity index (χ4n) is 2.03. The fourth-order valence-corrected chi connectivity index (χ4v) is 2.03. The van der Waals surface area contributed by atoms with Gasteiger partial charge in [0.25, 0.3) is 0 Å². The van der Waals surface area contributed by atoms with Gasteiger partial charge in [0.2, 0.25) is 0 Å². The van der Waals surface area contributed by atoms with Crippen LogP contribution in [-0.4, -0.2) is 7.11 Å². The van der Waals surface area contributed by atoms with Crippen LogP contribution in [-0.2, 0) is 4.74 Å². The summed E-state index contributed by atoms with van der Waals surface area (Å²) < 4.78 is 5.21. The number of allylic oxidation sites excluding steroid dienone is 2. The molecule has 1 nitrogen and oxygen atoms in total. The van der Waals surface area contributed by atoms with Gasteiger partial charge in [-0.15, -0.1) is 0 Å². The van der Waals surface area contributed by atoms with Crippen LogP contribution < -0.4 is 0 Å². The van der Waals surface area contributed by atoms with Gasteiger partial charge in [-0.2, -0.15) is 0 Å². The van der Waals surface area contributed by atoms with Crippen molar-refractivity contribution in [1.29, 1.82) is 0 Å². The highest BCUT2D eigenvalue weighted by molar-refractivity contribution is 5.13. The highest BCUT2D eigenvalue weighted by Gasteiger charge is 2.33.